The van der Waals surface area contributed by atoms with E-state index in [-0.39, 0.29) is 0 Å². The molecule has 4 nitrogen and oxygen atoms in total. The van der Waals surface area contributed by atoms with E-state index in [2.05, 4.69) is 21.9 Å². The Hall–Kier alpha value is -1.08. The molecule has 0 N–H and O–H groups in total. The maximum Gasteiger partial charge on any atom is 0.110 e. The molecule has 22 heavy (non-hydrogen) atoms. The molecule has 0 amide bonds. The van der Waals surface area contributed by atoms with Gasteiger partial charge < -0.3 is 19.3 Å². The summed E-state index contributed by atoms with van der Waals surface area (Å²) in [4.78, 5) is 6.16. The van der Waals surface area contributed by atoms with Gasteiger partial charge in [0.25, 0.3) is 0 Å². The Morgan fingerprint density at radius 2 is 1.09 bits per heavy atom. The highest BCUT2D eigenvalue weighted by atomic mass is 32.1. The van der Waals surface area contributed by atoms with Gasteiger partial charge in [-0.1, -0.05) is 48.7 Å². The van der Waals surface area contributed by atoms with Crippen molar-refractivity contribution in [3.05, 3.63) is 35.4 Å². The first-order valence-corrected chi connectivity index (χ1v) is 8.42. The molecule has 2 heterocycles. The lowest BCUT2D eigenvalue weighted by atomic mass is 10.1. The van der Waals surface area contributed by atoms with Crippen LogP contribution in [0.15, 0.2) is 24.3 Å². The second-order valence-corrected chi connectivity index (χ2v) is 6.13. The first-order valence-electron chi connectivity index (χ1n) is 7.60. The third-order valence-electron chi connectivity index (χ3n) is 3.98. The highest BCUT2D eigenvalue weighted by Crippen LogP contribution is 2.18. The molecule has 1 aromatic carbocycles. The molecule has 0 bridgehead atoms. The predicted octanol–water partition coefficient (Wildman–Crippen LogP) is 1.70. The summed E-state index contributed by atoms with van der Waals surface area (Å²) < 4.78 is 10.8. The molecule has 0 atom stereocenters. The zero-order valence-corrected chi connectivity index (χ0v) is 14.1. The van der Waals surface area contributed by atoms with Gasteiger partial charge in [-0.2, -0.15) is 0 Å². The average Bonchev–Trinajstić information content (AvgIpc) is 2.62. The maximum atomic E-state index is 5.72. The van der Waals surface area contributed by atoms with Crippen LogP contribution in [0.5, 0.6) is 0 Å². The fourth-order valence-electron chi connectivity index (χ4n) is 2.73. The predicted molar refractivity (Wildman–Crippen MR) is 94.6 cm³/mol. The lowest BCUT2D eigenvalue weighted by Gasteiger charge is -2.32. The van der Waals surface area contributed by atoms with E-state index in [1.807, 2.05) is 12.1 Å². The normalized spacial score (nSPS) is 19.1. The number of hydrogen-bond donors (Lipinski definition) is 0. The maximum absolute atomic E-state index is 5.72. The van der Waals surface area contributed by atoms with E-state index in [9.17, 15) is 0 Å². The minimum atomic E-state index is 0.732. The van der Waals surface area contributed by atoms with Crippen LogP contribution in [0.1, 0.15) is 11.1 Å². The molecular weight excluding hydrogens is 316 g/mol. The summed E-state index contributed by atoms with van der Waals surface area (Å²) in [5.74, 6) is 0. The standard InChI is InChI=1S/C16H20N2O2S2/c21-15(17-5-9-19-10-6-17)13-3-1-2-4-14(13)16(22)18-7-11-20-12-8-18/h1-4H,5-12H2. The van der Waals surface area contributed by atoms with Crippen LogP contribution >= 0.6 is 24.4 Å². The van der Waals surface area contributed by atoms with Crippen molar-refractivity contribution in [3.63, 3.8) is 0 Å². The molecule has 0 aromatic heterocycles. The summed E-state index contributed by atoms with van der Waals surface area (Å²) in [6.45, 7) is 6.31. The first-order chi connectivity index (χ1) is 10.8. The van der Waals surface area contributed by atoms with Crippen molar-refractivity contribution < 1.29 is 9.47 Å². The quantitative estimate of drug-likeness (QED) is 0.763. The van der Waals surface area contributed by atoms with Gasteiger partial charge in [0.05, 0.1) is 26.4 Å². The van der Waals surface area contributed by atoms with Gasteiger partial charge in [-0.3, -0.25) is 0 Å². The molecule has 2 aliphatic heterocycles. The Morgan fingerprint density at radius 1 is 0.727 bits per heavy atom. The average molecular weight is 336 g/mol. The van der Waals surface area contributed by atoms with E-state index in [4.69, 9.17) is 33.9 Å². The van der Waals surface area contributed by atoms with Crippen molar-refractivity contribution in [1.29, 1.82) is 0 Å². The lowest BCUT2D eigenvalue weighted by Crippen LogP contribution is -2.43. The third kappa shape index (κ3) is 3.46. The molecule has 0 spiro atoms. The lowest BCUT2D eigenvalue weighted by molar-refractivity contribution is 0.0688. The third-order valence-corrected chi connectivity index (χ3v) is 4.94. The van der Waals surface area contributed by atoms with Crippen molar-refractivity contribution in [3.8, 4) is 0 Å². The molecule has 2 saturated heterocycles. The molecule has 0 radical (unpaired) electrons. The van der Waals surface area contributed by atoms with Crippen molar-refractivity contribution in [2.24, 2.45) is 0 Å². The zero-order valence-electron chi connectivity index (χ0n) is 12.5. The van der Waals surface area contributed by atoms with E-state index in [1.54, 1.807) is 0 Å². The van der Waals surface area contributed by atoms with Gasteiger partial charge in [-0.15, -0.1) is 0 Å². The monoisotopic (exact) mass is 336 g/mol. The Morgan fingerprint density at radius 3 is 1.45 bits per heavy atom. The van der Waals surface area contributed by atoms with Crippen molar-refractivity contribution in [2.45, 2.75) is 0 Å². The summed E-state index contributed by atoms with van der Waals surface area (Å²) in [6, 6.07) is 8.18. The van der Waals surface area contributed by atoms with Crippen LogP contribution in [0.3, 0.4) is 0 Å². The fourth-order valence-corrected chi connectivity index (χ4v) is 3.45. The van der Waals surface area contributed by atoms with Gasteiger partial charge in [-0.05, 0) is 0 Å². The second-order valence-electron chi connectivity index (χ2n) is 5.35. The van der Waals surface area contributed by atoms with Gasteiger partial charge in [-0.25, -0.2) is 0 Å². The fraction of sp³-hybridized carbons (Fsp3) is 0.500. The summed E-state index contributed by atoms with van der Waals surface area (Å²) >= 11 is 11.4. The highest BCUT2D eigenvalue weighted by Gasteiger charge is 2.22. The molecule has 118 valence electrons. The summed E-state index contributed by atoms with van der Waals surface area (Å²) in [5.41, 5.74) is 2.10. The summed E-state index contributed by atoms with van der Waals surface area (Å²) in [6.07, 6.45) is 0. The number of benzene rings is 1. The largest absolute Gasteiger partial charge is 0.378 e. The van der Waals surface area contributed by atoms with Crippen LogP contribution < -0.4 is 0 Å². The zero-order chi connectivity index (χ0) is 15.4. The SMILES string of the molecule is S=C(c1ccccc1C(=S)N1CCOCC1)N1CCOCC1. The number of nitrogens with zero attached hydrogens (tertiary/aromatic N) is 2. The van der Waals surface area contributed by atoms with Crippen LogP contribution in [0.4, 0.5) is 0 Å². The molecule has 1 aromatic rings. The van der Waals surface area contributed by atoms with Crippen LogP contribution in [0, 0.1) is 0 Å². The number of thiocarbonyl (C=S) groups is 2. The molecule has 3 rings (SSSR count). The van der Waals surface area contributed by atoms with E-state index < -0.39 is 0 Å². The van der Waals surface area contributed by atoms with Crippen molar-refractivity contribution in [1.82, 2.24) is 9.80 Å². The Kier molecular flexibility index (Phi) is 5.36. The van der Waals surface area contributed by atoms with Crippen LogP contribution in [0.25, 0.3) is 0 Å². The summed E-state index contributed by atoms with van der Waals surface area (Å²) in [7, 11) is 0. The Balaban J connectivity index is 1.82. The van der Waals surface area contributed by atoms with Crippen molar-refractivity contribution >= 4 is 34.4 Å². The molecular formula is C16H20N2O2S2. The topological polar surface area (TPSA) is 24.9 Å². The van der Waals surface area contributed by atoms with E-state index in [0.717, 1.165) is 73.7 Å². The van der Waals surface area contributed by atoms with Crippen LogP contribution in [-0.4, -0.2) is 72.4 Å². The minimum Gasteiger partial charge on any atom is -0.378 e. The van der Waals surface area contributed by atoms with Gasteiger partial charge >= 0.3 is 0 Å². The molecule has 0 unspecified atom stereocenters. The molecule has 0 aliphatic carbocycles. The van der Waals surface area contributed by atoms with Crippen LogP contribution in [0.2, 0.25) is 0 Å². The van der Waals surface area contributed by atoms with E-state index in [0.29, 0.717) is 0 Å². The Labute approximate surface area is 142 Å². The van der Waals surface area contributed by atoms with E-state index in [1.165, 1.54) is 0 Å². The summed E-state index contributed by atoms with van der Waals surface area (Å²) in [5, 5.41) is 0. The smallest absolute Gasteiger partial charge is 0.110 e. The number of rotatable bonds is 2. The van der Waals surface area contributed by atoms with Gasteiger partial charge in [0.15, 0.2) is 0 Å². The highest BCUT2D eigenvalue weighted by molar-refractivity contribution is 7.81. The van der Waals surface area contributed by atoms with Crippen molar-refractivity contribution in [2.75, 3.05) is 52.6 Å². The molecule has 0 saturated carbocycles. The second kappa shape index (κ2) is 7.46. The van der Waals surface area contributed by atoms with E-state index >= 15 is 0 Å². The first kappa shape index (κ1) is 15.8. The molecule has 6 heteroatoms. The Bertz CT molecular complexity index is 504. The number of hydrogen-bond acceptors (Lipinski definition) is 4. The number of morpholine rings is 2. The van der Waals surface area contributed by atoms with Gasteiger partial charge in [0, 0.05) is 37.3 Å². The van der Waals surface area contributed by atoms with Gasteiger partial charge in [0.2, 0.25) is 0 Å². The van der Waals surface area contributed by atoms with Gasteiger partial charge in [0.1, 0.15) is 9.98 Å². The molecule has 2 fully saturated rings. The molecule has 2 aliphatic rings. The number of ether oxygens (including phenoxy) is 2. The van der Waals surface area contributed by atoms with Crippen LogP contribution in [-0.2, 0) is 9.47 Å². The minimum absolute atomic E-state index is 0.732.